The van der Waals surface area contributed by atoms with E-state index in [4.69, 9.17) is 37.5 Å². The molecule has 0 saturated carbocycles. The smallest absolute Gasteiger partial charge is 0.265 e. The summed E-state index contributed by atoms with van der Waals surface area (Å²) in [6, 6.07) is 10.1. The lowest BCUT2D eigenvalue weighted by atomic mass is 10.2. The summed E-state index contributed by atoms with van der Waals surface area (Å²) in [5.41, 5.74) is 1.24. The van der Waals surface area contributed by atoms with E-state index in [0.29, 0.717) is 39.4 Å². The summed E-state index contributed by atoms with van der Waals surface area (Å²) in [5, 5.41) is 7.37. The van der Waals surface area contributed by atoms with Crippen LogP contribution >= 0.6 is 23.2 Å². The highest BCUT2D eigenvalue weighted by atomic mass is 35.5. The van der Waals surface area contributed by atoms with Crippen LogP contribution in [0.25, 0.3) is 0 Å². The van der Waals surface area contributed by atoms with E-state index in [9.17, 15) is 4.79 Å². The van der Waals surface area contributed by atoms with Crippen LogP contribution in [0.5, 0.6) is 11.5 Å². The number of nitrogens with one attached hydrogen (secondary N) is 1. The molecule has 0 spiro atoms. The fourth-order valence-electron chi connectivity index (χ4n) is 2.02. The summed E-state index contributed by atoms with van der Waals surface area (Å²) in [7, 11) is 1.50. The molecule has 0 aliphatic rings. The van der Waals surface area contributed by atoms with Crippen LogP contribution in [-0.4, -0.2) is 32.4 Å². The number of halogens is 2. The van der Waals surface area contributed by atoms with Crippen molar-refractivity contribution in [3.63, 3.8) is 0 Å². The summed E-state index contributed by atoms with van der Waals surface area (Å²) < 4.78 is 10.7. The van der Waals surface area contributed by atoms with Gasteiger partial charge in [0.2, 0.25) is 0 Å². The summed E-state index contributed by atoms with van der Waals surface area (Å²) in [5.74, 6) is 0.518. The van der Waals surface area contributed by atoms with Gasteiger partial charge in [0.25, 0.3) is 5.91 Å². The van der Waals surface area contributed by atoms with E-state index in [-0.39, 0.29) is 12.5 Å². The van der Waals surface area contributed by atoms with Gasteiger partial charge in [-0.2, -0.15) is 0 Å². The molecule has 27 heavy (non-hydrogen) atoms. The van der Waals surface area contributed by atoms with Crippen molar-refractivity contribution in [2.45, 2.75) is 0 Å². The molecular formula is C19H18Cl2N2O4. The predicted octanol–water partition coefficient (Wildman–Crippen LogP) is 4.56. The predicted molar refractivity (Wildman–Crippen MR) is 107 cm³/mol. The lowest BCUT2D eigenvalue weighted by molar-refractivity contribution is -0.120. The van der Waals surface area contributed by atoms with E-state index >= 15 is 0 Å². The number of ether oxygens (including phenoxy) is 2. The topological polar surface area (TPSA) is 69.2 Å². The average molecular weight is 409 g/mol. The number of amides is 1. The zero-order chi connectivity index (χ0) is 19.6. The van der Waals surface area contributed by atoms with E-state index in [1.165, 1.54) is 13.3 Å². The van der Waals surface area contributed by atoms with Crippen molar-refractivity contribution in [3.8, 4) is 11.5 Å². The molecule has 0 fully saturated rings. The number of carbonyl (C=O) groups is 1. The van der Waals surface area contributed by atoms with Crippen molar-refractivity contribution in [1.82, 2.24) is 0 Å². The highest BCUT2D eigenvalue weighted by molar-refractivity contribution is 6.32. The van der Waals surface area contributed by atoms with Crippen molar-refractivity contribution in [3.05, 3.63) is 64.7 Å². The fourth-order valence-corrected chi connectivity index (χ4v) is 2.42. The zero-order valence-electron chi connectivity index (χ0n) is 14.6. The number of hydrogen-bond donors (Lipinski definition) is 1. The third-order valence-corrected chi connectivity index (χ3v) is 3.73. The Hall–Kier alpha value is -2.70. The van der Waals surface area contributed by atoms with Gasteiger partial charge in [-0.1, -0.05) is 41.0 Å². The number of hydrogen-bond acceptors (Lipinski definition) is 5. The first-order chi connectivity index (χ1) is 13.0. The van der Waals surface area contributed by atoms with Gasteiger partial charge in [-0.05, 0) is 36.4 Å². The molecule has 0 atom stereocenters. The van der Waals surface area contributed by atoms with Crippen molar-refractivity contribution < 1.29 is 19.1 Å². The summed E-state index contributed by atoms with van der Waals surface area (Å²) in [4.78, 5) is 16.8. The maximum Gasteiger partial charge on any atom is 0.265 e. The second-order valence-electron chi connectivity index (χ2n) is 5.20. The van der Waals surface area contributed by atoms with Crippen LogP contribution < -0.4 is 14.8 Å². The van der Waals surface area contributed by atoms with Crippen LogP contribution in [0.3, 0.4) is 0 Å². The Bertz CT molecular complexity index is 823. The molecule has 0 bridgehead atoms. The van der Waals surface area contributed by atoms with Gasteiger partial charge in [0.15, 0.2) is 18.1 Å². The third-order valence-electron chi connectivity index (χ3n) is 3.20. The molecule has 1 N–H and O–H groups in total. The molecule has 0 aromatic heterocycles. The molecule has 0 unspecified atom stereocenters. The Morgan fingerprint density at radius 3 is 2.67 bits per heavy atom. The second kappa shape index (κ2) is 10.4. The molecular weight excluding hydrogens is 391 g/mol. The number of nitrogens with zero attached hydrogens (tertiary/aromatic N) is 1. The van der Waals surface area contributed by atoms with E-state index < -0.39 is 0 Å². The Morgan fingerprint density at radius 1 is 1.26 bits per heavy atom. The molecule has 1 amide bonds. The van der Waals surface area contributed by atoms with Gasteiger partial charge in [-0.3, -0.25) is 4.79 Å². The van der Waals surface area contributed by atoms with Crippen molar-refractivity contribution >= 4 is 41.0 Å². The molecule has 2 rings (SSSR count). The molecule has 0 heterocycles. The normalized spacial score (nSPS) is 10.5. The standard InChI is InChI=1S/C19H18Cl2N2O4/c1-3-8-26-19-16(21)9-13(10-17(19)25-2)11-22-27-12-18(24)23-15-6-4-14(20)5-7-15/h3-7,9-11H,1,8,12H2,2H3,(H,23,24). The fraction of sp³-hybridized carbons (Fsp3) is 0.158. The summed E-state index contributed by atoms with van der Waals surface area (Å²) in [6.45, 7) is 3.64. The van der Waals surface area contributed by atoms with E-state index in [0.717, 1.165) is 0 Å². The molecule has 0 saturated heterocycles. The quantitative estimate of drug-likeness (QED) is 0.375. The molecule has 0 radical (unpaired) electrons. The Balaban J connectivity index is 1.91. The van der Waals surface area contributed by atoms with Gasteiger partial charge in [0.05, 0.1) is 18.3 Å². The van der Waals surface area contributed by atoms with Gasteiger partial charge in [0.1, 0.15) is 6.61 Å². The maximum absolute atomic E-state index is 11.8. The maximum atomic E-state index is 11.8. The molecule has 142 valence electrons. The zero-order valence-corrected chi connectivity index (χ0v) is 16.1. The minimum absolute atomic E-state index is 0.246. The van der Waals surface area contributed by atoms with E-state index in [2.05, 4.69) is 17.1 Å². The molecule has 2 aromatic rings. The molecule has 2 aromatic carbocycles. The Labute approximate surface area is 167 Å². The van der Waals surface area contributed by atoms with E-state index in [1.807, 2.05) is 0 Å². The first kappa shape index (κ1) is 20.6. The Morgan fingerprint density at radius 2 is 2.00 bits per heavy atom. The van der Waals surface area contributed by atoms with E-state index in [1.54, 1.807) is 42.5 Å². The average Bonchev–Trinajstić information content (AvgIpc) is 2.66. The highest BCUT2D eigenvalue weighted by Crippen LogP contribution is 2.36. The summed E-state index contributed by atoms with van der Waals surface area (Å²) in [6.07, 6.45) is 3.02. The number of rotatable bonds is 9. The van der Waals surface area contributed by atoms with Crippen LogP contribution in [-0.2, 0) is 9.63 Å². The molecule has 0 aliphatic carbocycles. The first-order valence-corrected chi connectivity index (χ1v) is 8.61. The van der Waals surface area contributed by atoms with Gasteiger partial charge >= 0.3 is 0 Å². The Kier molecular flexibility index (Phi) is 7.98. The minimum Gasteiger partial charge on any atom is -0.493 e. The van der Waals surface area contributed by atoms with Gasteiger partial charge < -0.3 is 19.6 Å². The highest BCUT2D eigenvalue weighted by Gasteiger charge is 2.11. The van der Waals surface area contributed by atoms with Gasteiger partial charge in [-0.15, -0.1) is 0 Å². The summed E-state index contributed by atoms with van der Waals surface area (Å²) >= 11 is 12.0. The molecule has 0 aliphatic heterocycles. The largest absolute Gasteiger partial charge is 0.493 e. The lowest BCUT2D eigenvalue weighted by Gasteiger charge is -2.11. The van der Waals surface area contributed by atoms with Crippen LogP contribution in [0.15, 0.2) is 54.2 Å². The van der Waals surface area contributed by atoms with Crippen molar-refractivity contribution in [2.75, 3.05) is 25.6 Å². The number of benzene rings is 2. The van der Waals surface area contributed by atoms with Gasteiger partial charge in [-0.25, -0.2) is 0 Å². The van der Waals surface area contributed by atoms with Crippen LogP contribution in [0, 0.1) is 0 Å². The lowest BCUT2D eigenvalue weighted by Crippen LogP contribution is -2.16. The SMILES string of the molecule is C=CCOc1c(Cl)cc(C=NOCC(=O)Nc2ccc(Cl)cc2)cc1OC. The number of anilines is 1. The monoisotopic (exact) mass is 408 g/mol. The van der Waals surface area contributed by atoms with Crippen molar-refractivity contribution in [2.24, 2.45) is 5.16 Å². The number of carbonyl (C=O) groups excluding carboxylic acids is 1. The first-order valence-electron chi connectivity index (χ1n) is 7.85. The van der Waals surface area contributed by atoms with Crippen molar-refractivity contribution in [1.29, 1.82) is 0 Å². The van der Waals surface area contributed by atoms with Gasteiger partial charge in [0, 0.05) is 16.3 Å². The van der Waals surface area contributed by atoms with Crippen LogP contribution in [0.4, 0.5) is 5.69 Å². The molecule has 8 heteroatoms. The second-order valence-corrected chi connectivity index (χ2v) is 6.04. The van der Waals surface area contributed by atoms with Crippen LogP contribution in [0.1, 0.15) is 5.56 Å². The number of oxime groups is 1. The molecule has 6 nitrogen and oxygen atoms in total. The minimum atomic E-state index is -0.349. The van der Waals surface area contributed by atoms with Crippen LogP contribution in [0.2, 0.25) is 10.0 Å². The third kappa shape index (κ3) is 6.51. The number of methoxy groups -OCH3 is 1.